The normalized spacial score (nSPS) is 24.1. The fraction of sp³-hybridized carbons (Fsp3) is 0.538. The summed E-state index contributed by atoms with van der Waals surface area (Å²) in [6, 6.07) is 7.03. The van der Waals surface area contributed by atoms with Crippen molar-refractivity contribution in [3.8, 4) is 0 Å². The van der Waals surface area contributed by atoms with Crippen molar-refractivity contribution < 1.29 is 44.2 Å². The van der Waals surface area contributed by atoms with Gasteiger partial charge in [0.15, 0.2) is 10.8 Å². The highest BCUT2D eigenvalue weighted by Gasteiger charge is 2.62. The molecule has 0 bridgehead atoms. The van der Waals surface area contributed by atoms with E-state index in [1.54, 1.807) is 49.6 Å². The Labute approximate surface area is 276 Å². The van der Waals surface area contributed by atoms with E-state index >= 15 is 0 Å². The smallest absolute Gasteiger partial charge is 0.407 e. The number of fused-ring (bicyclic) bond motifs is 1. The summed E-state index contributed by atoms with van der Waals surface area (Å²) in [5.74, 6) is -1.21. The summed E-state index contributed by atoms with van der Waals surface area (Å²) in [5, 5.41) is 3.36. The van der Waals surface area contributed by atoms with Crippen LogP contribution in [0.1, 0.15) is 32.6 Å². The Balaban J connectivity index is 0.000000731. The zero-order valence-electron chi connectivity index (χ0n) is 25.5. The van der Waals surface area contributed by atoms with Crippen LogP contribution in [-0.4, -0.2) is 92.0 Å². The van der Waals surface area contributed by atoms with Crippen molar-refractivity contribution in [3.05, 3.63) is 46.3 Å². The van der Waals surface area contributed by atoms with Gasteiger partial charge in [-0.05, 0) is 38.5 Å². The summed E-state index contributed by atoms with van der Waals surface area (Å²) in [5.41, 5.74) is 5.04. The zero-order valence-corrected chi connectivity index (χ0v) is 28.6. The summed E-state index contributed by atoms with van der Waals surface area (Å²) in [6.45, 7) is 5.04. The van der Waals surface area contributed by atoms with Crippen LogP contribution < -0.4 is 11.1 Å². The second-order valence-electron chi connectivity index (χ2n) is 11.5. The zero-order chi connectivity index (χ0) is 34.1. The number of carbonyl (C=O) groups excluding carboxylic acids is 1. The van der Waals surface area contributed by atoms with Crippen molar-refractivity contribution in [1.29, 1.82) is 0 Å². The number of nitrogens with one attached hydrogen (secondary N) is 1. The maximum Gasteiger partial charge on any atom is 0.407 e. The second kappa shape index (κ2) is 13.7. The van der Waals surface area contributed by atoms with E-state index in [2.05, 4.69) is 24.5 Å². The van der Waals surface area contributed by atoms with Crippen molar-refractivity contribution in [1.82, 2.24) is 24.8 Å². The molecule has 2 aromatic heterocycles. The molecular weight excluding hydrogens is 691 g/mol. The van der Waals surface area contributed by atoms with Gasteiger partial charge in [0, 0.05) is 11.6 Å². The van der Waals surface area contributed by atoms with E-state index in [4.69, 9.17) is 47.3 Å². The third kappa shape index (κ3) is 8.94. The van der Waals surface area contributed by atoms with Gasteiger partial charge in [0.05, 0.1) is 44.9 Å². The molecule has 4 atom stereocenters. The van der Waals surface area contributed by atoms with Gasteiger partial charge in [0.2, 0.25) is 5.95 Å². The lowest BCUT2D eigenvalue weighted by Crippen LogP contribution is -2.49. The molecule has 1 amide bonds. The van der Waals surface area contributed by atoms with E-state index in [0.29, 0.717) is 5.02 Å². The molecule has 2 fully saturated rings. The number of ether oxygens (including phenoxy) is 3. The number of anilines is 1. The largest absolute Gasteiger partial charge is 0.444 e. The molecule has 16 nitrogen and oxygen atoms in total. The molecule has 4 heterocycles. The molecule has 1 aromatic carbocycles. The second-order valence-corrected chi connectivity index (χ2v) is 15.7. The van der Waals surface area contributed by atoms with Crippen LogP contribution in [0.15, 0.2) is 30.6 Å². The number of imidazole rings is 1. The Morgan fingerprint density at radius 3 is 2.43 bits per heavy atom. The predicted molar refractivity (Wildman–Crippen MR) is 167 cm³/mol. The van der Waals surface area contributed by atoms with E-state index in [9.17, 15) is 21.6 Å². The molecule has 20 heteroatoms. The lowest BCUT2D eigenvalue weighted by atomic mass is 9.90. The molecule has 1 unspecified atom stereocenters. The molecule has 5 rings (SSSR count). The van der Waals surface area contributed by atoms with Gasteiger partial charge in [-0.1, -0.05) is 35.3 Å². The average molecular weight is 726 g/mol. The minimum absolute atomic E-state index is 0.0133. The van der Waals surface area contributed by atoms with E-state index in [0.717, 1.165) is 18.9 Å². The van der Waals surface area contributed by atoms with Gasteiger partial charge in [-0.15, -0.1) is 0 Å². The van der Waals surface area contributed by atoms with Crippen LogP contribution in [0.4, 0.5) is 10.7 Å². The quantitative estimate of drug-likeness (QED) is 0.265. The minimum atomic E-state index is -3.91. The summed E-state index contributed by atoms with van der Waals surface area (Å²) in [4.78, 5) is 25.1. The summed E-state index contributed by atoms with van der Waals surface area (Å²) < 4.78 is 73.5. The number of hydrogen-bond donors (Lipinski definition) is 2. The first-order valence-corrected chi connectivity index (χ1v) is 17.8. The Bertz CT molecular complexity index is 1780. The SMILES string of the molecule is CC(C)(C)OC(=O)NC[C@H]1[C@H](n2cnc3c(Cl)nc(N)nc32)OC2(COS(=O)(=O)C2)[C@H]1OCc1ccc(Cl)cc1.COS(C)(=O)=O. The number of nitrogens with two attached hydrogens (primary N) is 1. The number of nitrogens with zero attached hydrogens (tertiary/aromatic N) is 4. The van der Waals surface area contributed by atoms with Crippen molar-refractivity contribution in [2.75, 3.05) is 38.0 Å². The highest BCUT2D eigenvalue weighted by Crippen LogP contribution is 2.48. The number of alkyl carbamates (subject to hydrolysis) is 1. The van der Waals surface area contributed by atoms with Gasteiger partial charge >= 0.3 is 6.09 Å². The molecule has 2 aliphatic heterocycles. The summed E-state index contributed by atoms with van der Waals surface area (Å²) in [6.07, 6.45) is -0.0171. The monoisotopic (exact) mass is 724 g/mol. The van der Waals surface area contributed by atoms with Crippen LogP contribution in [-0.2, 0) is 49.4 Å². The van der Waals surface area contributed by atoms with Crippen LogP contribution in [0.5, 0.6) is 0 Å². The highest BCUT2D eigenvalue weighted by molar-refractivity contribution is 7.87. The van der Waals surface area contributed by atoms with Crippen LogP contribution >= 0.6 is 23.2 Å². The molecule has 3 aromatic rings. The Hall–Kier alpha value is -2.84. The van der Waals surface area contributed by atoms with Crippen molar-refractivity contribution >= 4 is 66.6 Å². The maximum atomic E-state index is 12.6. The molecule has 254 valence electrons. The molecule has 3 N–H and O–H groups in total. The predicted octanol–water partition coefficient (Wildman–Crippen LogP) is 2.66. The third-order valence-corrected chi connectivity index (χ3v) is 9.17. The van der Waals surface area contributed by atoms with E-state index < -0.39 is 61.5 Å². The number of amides is 1. The number of aromatic nitrogens is 4. The molecule has 0 saturated carbocycles. The lowest BCUT2D eigenvalue weighted by molar-refractivity contribution is -0.113. The van der Waals surface area contributed by atoms with Crippen LogP contribution in [0.25, 0.3) is 11.2 Å². The Morgan fingerprint density at radius 1 is 1.22 bits per heavy atom. The van der Waals surface area contributed by atoms with Gasteiger partial charge in [-0.2, -0.15) is 26.8 Å². The summed E-state index contributed by atoms with van der Waals surface area (Å²) in [7, 11) is -5.95. The number of nitrogen functional groups attached to an aromatic ring is 1. The van der Waals surface area contributed by atoms with Crippen LogP contribution in [0.2, 0.25) is 10.2 Å². The van der Waals surface area contributed by atoms with Crippen molar-refractivity contribution in [3.63, 3.8) is 0 Å². The van der Waals surface area contributed by atoms with Crippen LogP contribution in [0.3, 0.4) is 0 Å². The van der Waals surface area contributed by atoms with Gasteiger partial charge in [-0.25, -0.2) is 9.78 Å². The van der Waals surface area contributed by atoms with Crippen molar-refractivity contribution in [2.45, 2.75) is 50.9 Å². The van der Waals surface area contributed by atoms with E-state index in [1.807, 2.05) is 0 Å². The first-order valence-electron chi connectivity index (χ1n) is 13.6. The van der Waals surface area contributed by atoms with Crippen LogP contribution in [0, 0.1) is 5.92 Å². The lowest BCUT2D eigenvalue weighted by Gasteiger charge is -2.29. The molecule has 46 heavy (non-hydrogen) atoms. The van der Waals surface area contributed by atoms with Gasteiger partial charge in [0.1, 0.15) is 28.7 Å². The number of rotatable bonds is 7. The van der Waals surface area contributed by atoms with Gasteiger partial charge in [0.25, 0.3) is 20.2 Å². The molecular formula is C26H34Cl2N6O10S2. The number of halogens is 2. The summed E-state index contributed by atoms with van der Waals surface area (Å²) >= 11 is 12.3. The highest BCUT2D eigenvalue weighted by atomic mass is 35.5. The number of hydrogen-bond acceptors (Lipinski definition) is 14. The van der Waals surface area contributed by atoms with Gasteiger partial charge in [-0.3, -0.25) is 12.9 Å². The fourth-order valence-electron chi connectivity index (χ4n) is 4.85. The number of carbonyl (C=O) groups is 1. The molecule has 1 spiro atoms. The third-order valence-electron chi connectivity index (χ3n) is 6.73. The number of benzene rings is 1. The van der Waals surface area contributed by atoms with E-state index in [-0.39, 0.29) is 42.0 Å². The topological polar surface area (TPSA) is 213 Å². The Kier molecular flexibility index (Phi) is 10.7. The molecule has 2 saturated heterocycles. The maximum absolute atomic E-state index is 12.6. The Morgan fingerprint density at radius 2 is 1.87 bits per heavy atom. The average Bonchev–Trinajstić information content (AvgIpc) is 3.58. The standard InChI is InChI=1S/C24H28Cl2N6O7S.C2H6O3S/c1-23(2,3)39-22(33)28-8-15-17(36-9-13-4-6-14(25)7-5-13)24(10-37-40(34,35)11-24)38-20(15)32-12-29-16-18(26)30-21(27)31-19(16)32;1-5-6(2,3)4/h4-7,12,15,17,20H,8-11H2,1-3H3,(H,28,33)(H2,27,30,31);1-2H3/t15-,17+,20-,24?;/m1./s1. The molecule has 0 aliphatic carbocycles. The first kappa shape index (κ1) is 36.0. The fourth-order valence-corrected chi connectivity index (χ4v) is 6.57. The first-order chi connectivity index (χ1) is 21.3. The minimum Gasteiger partial charge on any atom is -0.444 e. The van der Waals surface area contributed by atoms with E-state index in [1.165, 1.54) is 6.33 Å². The molecule has 0 radical (unpaired) electrons. The molecule has 2 aliphatic rings. The van der Waals surface area contributed by atoms with Gasteiger partial charge < -0.3 is 25.3 Å². The van der Waals surface area contributed by atoms with Crippen molar-refractivity contribution in [2.24, 2.45) is 5.92 Å².